The summed E-state index contributed by atoms with van der Waals surface area (Å²) in [6.45, 7) is 1.05. The summed E-state index contributed by atoms with van der Waals surface area (Å²) in [5, 5.41) is 3.14. The van der Waals surface area contributed by atoms with Crippen LogP contribution in [0.2, 0.25) is 0 Å². The number of anilines is 2. The van der Waals surface area contributed by atoms with Gasteiger partial charge in [-0.3, -0.25) is 4.79 Å². The molecule has 0 atom stereocenters. The second-order valence-electron chi connectivity index (χ2n) is 11.1. The molecule has 2 aliphatic rings. The van der Waals surface area contributed by atoms with E-state index >= 15 is 0 Å². The normalized spacial score (nSPS) is 15.8. The highest BCUT2D eigenvalue weighted by molar-refractivity contribution is 6.07. The molecule has 8 nitrogen and oxygen atoms in total. The number of esters is 1. The van der Waals surface area contributed by atoms with Crippen LogP contribution in [0.3, 0.4) is 0 Å². The van der Waals surface area contributed by atoms with Gasteiger partial charge >= 0.3 is 12.1 Å². The molecule has 46 heavy (non-hydrogen) atoms. The van der Waals surface area contributed by atoms with Gasteiger partial charge in [-0.05, 0) is 78.4 Å². The lowest BCUT2D eigenvalue weighted by Gasteiger charge is -2.31. The van der Waals surface area contributed by atoms with Crippen molar-refractivity contribution < 1.29 is 37.0 Å². The number of halogens is 3. The Morgan fingerprint density at radius 1 is 1.02 bits per heavy atom. The maximum absolute atomic E-state index is 13.7. The first kappa shape index (κ1) is 31.1. The number of alkyl halides is 3. The van der Waals surface area contributed by atoms with Gasteiger partial charge < -0.3 is 24.4 Å². The summed E-state index contributed by atoms with van der Waals surface area (Å²) in [6.07, 6.45) is -0.406. The third-order valence-electron chi connectivity index (χ3n) is 8.12. The van der Waals surface area contributed by atoms with E-state index in [1.165, 1.54) is 6.07 Å². The number of carbonyl (C=O) groups is 2. The number of amides is 1. The summed E-state index contributed by atoms with van der Waals surface area (Å²) in [6, 6.07) is 18.1. The molecule has 11 heteroatoms. The molecule has 2 heterocycles. The maximum atomic E-state index is 13.7. The first-order valence-electron chi connectivity index (χ1n) is 15.0. The first-order chi connectivity index (χ1) is 22.2. The van der Waals surface area contributed by atoms with Crippen molar-refractivity contribution in [2.75, 3.05) is 50.2 Å². The number of hydrogen-bond donors (Lipinski definition) is 1. The molecule has 1 aliphatic heterocycles. The Bertz CT molecular complexity index is 1800. The zero-order valence-corrected chi connectivity index (χ0v) is 25.2. The lowest BCUT2D eigenvalue weighted by molar-refractivity contribution is -0.137. The van der Waals surface area contributed by atoms with Gasteiger partial charge in [0, 0.05) is 18.5 Å². The molecule has 1 amide bonds. The second kappa shape index (κ2) is 13.2. The van der Waals surface area contributed by atoms with Gasteiger partial charge in [0.15, 0.2) is 6.61 Å². The minimum absolute atomic E-state index is 0.0159. The Hall–Kier alpha value is -4.90. The number of para-hydroxylation sites is 1. The van der Waals surface area contributed by atoms with Crippen LogP contribution in [0.5, 0.6) is 5.75 Å². The van der Waals surface area contributed by atoms with Crippen LogP contribution in [-0.2, 0) is 26.9 Å². The molecule has 1 saturated heterocycles. The van der Waals surface area contributed by atoms with Gasteiger partial charge in [-0.2, -0.15) is 13.2 Å². The third-order valence-corrected chi connectivity index (χ3v) is 8.12. The molecular formula is C35H32F3N3O5. The average Bonchev–Trinajstić information content (AvgIpc) is 3.06. The van der Waals surface area contributed by atoms with Crippen LogP contribution in [0.25, 0.3) is 22.6 Å². The average molecular weight is 632 g/mol. The fourth-order valence-electron chi connectivity index (χ4n) is 5.89. The summed E-state index contributed by atoms with van der Waals surface area (Å²) in [4.78, 5) is 33.5. The minimum Gasteiger partial charge on any atom is -0.497 e. The SMILES string of the molecule is COc1ccc(/C=C2/CCCc3c2nc2ccccc2c3C(=O)OCC(=O)Nc2cc(C(F)(F)F)ccc2N2CCOCC2)cc1. The summed E-state index contributed by atoms with van der Waals surface area (Å²) in [5.74, 6) is -0.711. The van der Waals surface area contributed by atoms with Crippen LogP contribution in [0.1, 0.15) is 45.6 Å². The van der Waals surface area contributed by atoms with E-state index in [0.717, 1.165) is 47.4 Å². The van der Waals surface area contributed by atoms with Crippen LogP contribution in [0.4, 0.5) is 24.5 Å². The van der Waals surface area contributed by atoms with E-state index in [9.17, 15) is 22.8 Å². The third kappa shape index (κ3) is 6.69. The highest BCUT2D eigenvalue weighted by Crippen LogP contribution is 2.38. The van der Waals surface area contributed by atoms with Gasteiger partial charge in [0.1, 0.15) is 5.75 Å². The molecule has 238 valence electrons. The van der Waals surface area contributed by atoms with Crippen molar-refractivity contribution in [1.29, 1.82) is 0 Å². The number of methoxy groups -OCH3 is 1. The van der Waals surface area contributed by atoms with Crippen molar-refractivity contribution in [3.63, 3.8) is 0 Å². The standard InChI is InChI=1S/C35H32F3N3O5/c1-44-25-12-9-22(10-13-25)19-23-5-4-7-27-32(26-6-2-3-8-28(26)40-33(23)27)34(43)46-21-31(42)39-29-20-24(35(36,37)38)11-14-30(29)41-15-17-45-18-16-41/h2-3,6,8-14,19-20H,4-5,7,15-18,21H2,1H3,(H,39,42)/b23-19-. The van der Waals surface area contributed by atoms with E-state index in [1.54, 1.807) is 19.2 Å². The number of fused-ring (bicyclic) bond motifs is 2. The monoisotopic (exact) mass is 631 g/mol. The lowest BCUT2D eigenvalue weighted by atomic mass is 9.86. The molecule has 1 aliphatic carbocycles. The van der Waals surface area contributed by atoms with Crippen molar-refractivity contribution in [3.8, 4) is 5.75 Å². The Labute approximate surface area is 263 Å². The number of rotatable bonds is 7. The van der Waals surface area contributed by atoms with Gasteiger partial charge in [-0.1, -0.05) is 30.3 Å². The highest BCUT2D eigenvalue weighted by atomic mass is 19.4. The Morgan fingerprint density at radius 2 is 1.78 bits per heavy atom. The predicted octanol–water partition coefficient (Wildman–Crippen LogP) is 6.77. The molecular weight excluding hydrogens is 599 g/mol. The molecule has 1 fully saturated rings. The van der Waals surface area contributed by atoms with Gasteiger partial charge in [-0.25, -0.2) is 9.78 Å². The molecule has 0 spiro atoms. The number of morpholine rings is 1. The number of pyridine rings is 1. The number of allylic oxidation sites excluding steroid dienone is 1. The maximum Gasteiger partial charge on any atom is 0.416 e. The topological polar surface area (TPSA) is 90.0 Å². The largest absolute Gasteiger partial charge is 0.497 e. The minimum atomic E-state index is -4.60. The van der Waals surface area contributed by atoms with Gasteiger partial charge in [0.2, 0.25) is 0 Å². The molecule has 6 rings (SSSR count). The number of hydrogen-bond acceptors (Lipinski definition) is 7. The molecule has 4 aromatic rings. The molecule has 3 aromatic carbocycles. The summed E-state index contributed by atoms with van der Waals surface area (Å²) in [5.41, 5.74) is 3.85. The van der Waals surface area contributed by atoms with E-state index in [4.69, 9.17) is 19.2 Å². The Morgan fingerprint density at radius 3 is 2.52 bits per heavy atom. The zero-order valence-electron chi connectivity index (χ0n) is 25.2. The van der Waals surface area contributed by atoms with Gasteiger partial charge in [0.05, 0.1) is 54.0 Å². The van der Waals surface area contributed by atoms with E-state index in [2.05, 4.69) is 5.32 Å². The van der Waals surface area contributed by atoms with E-state index < -0.39 is 30.2 Å². The summed E-state index contributed by atoms with van der Waals surface area (Å²) in [7, 11) is 1.61. The molecule has 0 radical (unpaired) electrons. The fraction of sp³-hybridized carbons (Fsp3) is 0.286. The van der Waals surface area contributed by atoms with Crippen LogP contribution >= 0.6 is 0 Å². The highest BCUT2D eigenvalue weighted by Gasteiger charge is 2.32. The zero-order chi connectivity index (χ0) is 32.3. The van der Waals surface area contributed by atoms with Crippen molar-refractivity contribution in [2.45, 2.75) is 25.4 Å². The molecule has 0 saturated carbocycles. The van der Waals surface area contributed by atoms with Gasteiger partial charge in [0.25, 0.3) is 5.91 Å². The Balaban J connectivity index is 1.26. The molecule has 0 unspecified atom stereocenters. The van der Waals surface area contributed by atoms with Gasteiger partial charge in [-0.15, -0.1) is 0 Å². The van der Waals surface area contributed by atoms with E-state index in [-0.39, 0.29) is 5.69 Å². The van der Waals surface area contributed by atoms with Crippen LogP contribution < -0.4 is 15.0 Å². The number of ether oxygens (including phenoxy) is 3. The predicted molar refractivity (Wildman–Crippen MR) is 169 cm³/mol. The van der Waals surface area contributed by atoms with E-state index in [0.29, 0.717) is 60.6 Å². The summed E-state index contributed by atoms with van der Waals surface area (Å²) < 4.78 is 56.8. The number of nitrogens with zero attached hydrogens (tertiary/aromatic N) is 2. The lowest BCUT2D eigenvalue weighted by Crippen LogP contribution is -2.37. The van der Waals surface area contributed by atoms with E-state index in [1.807, 2.05) is 47.4 Å². The number of carbonyl (C=O) groups excluding carboxylic acids is 2. The number of aromatic nitrogens is 1. The van der Waals surface area contributed by atoms with Crippen molar-refractivity contribution in [2.24, 2.45) is 0 Å². The van der Waals surface area contributed by atoms with Crippen LogP contribution in [-0.4, -0.2) is 56.9 Å². The summed E-state index contributed by atoms with van der Waals surface area (Å²) >= 11 is 0. The number of benzene rings is 3. The molecule has 0 bridgehead atoms. The van der Waals surface area contributed by atoms with Crippen molar-refractivity contribution in [3.05, 3.63) is 94.7 Å². The van der Waals surface area contributed by atoms with Crippen molar-refractivity contribution in [1.82, 2.24) is 4.98 Å². The fourth-order valence-corrected chi connectivity index (χ4v) is 5.89. The smallest absolute Gasteiger partial charge is 0.416 e. The molecule has 1 N–H and O–H groups in total. The molecule has 1 aromatic heterocycles. The van der Waals surface area contributed by atoms with Crippen LogP contribution in [0, 0.1) is 0 Å². The van der Waals surface area contributed by atoms with Crippen LogP contribution in [0.15, 0.2) is 66.7 Å². The second-order valence-corrected chi connectivity index (χ2v) is 11.1. The quantitative estimate of drug-likeness (QED) is 0.225. The first-order valence-corrected chi connectivity index (χ1v) is 15.0. The van der Waals surface area contributed by atoms with Crippen molar-refractivity contribution >= 4 is 45.8 Å². The Kier molecular flexibility index (Phi) is 8.94. The number of nitrogens with one attached hydrogen (secondary N) is 1.